The number of methoxy groups -OCH3 is 1. The summed E-state index contributed by atoms with van der Waals surface area (Å²) in [4.78, 5) is 61.8. The number of esters is 2. The van der Waals surface area contributed by atoms with Crippen molar-refractivity contribution in [1.82, 2.24) is 9.47 Å². The van der Waals surface area contributed by atoms with Gasteiger partial charge in [0.15, 0.2) is 18.7 Å². The van der Waals surface area contributed by atoms with Gasteiger partial charge >= 0.3 is 17.9 Å². The molecule has 2 unspecified atom stereocenters. The standard InChI is InChI=1S/C66H105ClN4O20/c1-16-50-65(12,80)57(75)39(6)53(69-91-66(90-36(2)3)23-18-17-19-24-66)37(4)33-63(10,79)58(89-62-55(74)49(70(13)14)30-38(5)84-62)40(7)56(41(8)61(78)86-50)88-52-34-64(11,81-15)59(42(9)85-52)87-51(72)22-26-82-28-29-83-27-25-68-47-31-44-48(32-46(47)67)71(43-20-21-43)35-45(54(44)73)60(76)77/h31-32,35-43,49-50,52,55-59,62,68,74-75,79-80H,16-30,33-34H2,1-15H3,(H,76,77)/b69-53+/t37-,38-,39+,40+,41-,42+,49+,50-,52?,55-,56+,57-,58-,59+,62?,63-,64-,65-/m1/s1. The Bertz CT molecular complexity index is 2840. The number of likely N-dealkylation sites (N-methyl/N-ethyl adjacent to an activating group) is 1. The second kappa shape index (κ2) is 31.6. The number of pyridine rings is 1. The third-order valence-corrected chi connectivity index (χ3v) is 19.4. The molecule has 0 radical (unpaired) electrons. The highest BCUT2D eigenvalue weighted by atomic mass is 35.5. The lowest BCUT2D eigenvalue weighted by molar-refractivity contribution is -0.318. The molecule has 6 N–H and O–H groups in total. The summed E-state index contributed by atoms with van der Waals surface area (Å²) >= 11 is 6.61. The highest BCUT2D eigenvalue weighted by Crippen LogP contribution is 2.44. The number of nitrogens with one attached hydrogen (secondary N) is 1. The summed E-state index contributed by atoms with van der Waals surface area (Å²) in [6.07, 6.45) is -3.74. The number of aliphatic hydroxyl groups excluding tert-OH is 2. The molecule has 1 aromatic carbocycles. The normalized spacial score (nSPS) is 35.9. The van der Waals surface area contributed by atoms with Gasteiger partial charge < -0.3 is 92.5 Å². The number of carboxylic acid groups (broad SMARTS) is 1. The van der Waals surface area contributed by atoms with Crippen LogP contribution in [0.25, 0.3) is 10.9 Å². The van der Waals surface area contributed by atoms with Crippen molar-refractivity contribution in [2.24, 2.45) is 28.8 Å². The molecule has 1 aromatic heterocycles. The van der Waals surface area contributed by atoms with Gasteiger partial charge in [0.05, 0.1) is 103 Å². The average molecular weight is 1310 g/mol. The zero-order valence-electron chi connectivity index (χ0n) is 56.1. The lowest BCUT2D eigenvalue weighted by Gasteiger charge is -2.49. The molecule has 5 fully saturated rings. The Kier molecular flexibility index (Phi) is 25.8. The molecular formula is C66H105ClN4O20. The van der Waals surface area contributed by atoms with Gasteiger partial charge in [-0.15, -0.1) is 0 Å². The summed E-state index contributed by atoms with van der Waals surface area (Å²) < 4.78 is 65.0. The number of aromatic carboxylic acids is 1. The summed E-state index contributed by atoms with van der Waals surface area (Å²) in [5.41, 5.74) is -4.63. The van der Waals surface area contributed by atoms with Crippen LogP contribution in [-0.4, -0.2) is 209 Å². The molecule has 0 spiro atoms. The maximum absolute atomic E-state index is 14.9. The molecule has 0 amide bonds. The maximum Gasteiger partial charge on any atom is 0.341 e. The van der Waals surface area contributed by atoms with Crippen LogP contribution in [0.15, 0.2) is 28.3 Å². The number of benzene rings is 1. The van der Waals surface area contributed by atoms with Crippen molar-refractivity contribution >= 4 is 51.8 Å². The fourth-order valence-corrected chi connectivity index (χ4v) is 14.2. The van der Waals surface area contributed by atoms with Crippen molar-refractivity contribution in [2.45, 2.75) is 262 Å². The van der Waals surface area contributed by atoms with Crippen molar-refractivity contribution in [2.75, 3.05) is 59.5 Å². The van der Waals surface area contributed by atoms with E-state index in [1.54, 1.807) is 60.6 Å². The van der Waals surface area contributed by atoms with E-state index in [1.165, 1.54) is 20.2 Å². The zero-order valence-corrected chi connectivity index (χ0v) is 56.9. The predicted octanol–water partition coefficient (Wildman–Crippen LogP) is 7.76. The number of fused-ring (bicyclic) bond motifs is 1. The van der Waals surface area contributed by atoms with E-state index in [0.29, 0.717) is 47.7 Å². The molecular weight excluding hydrogens is 1200 g/mol. The van der Waals surface area contributed by atoms with E-state index in [0.717, 1.165) is 32.1 Å². The molecule has 3 saturated heterocycles. The number of rotatable bonds is 24. The third-order valence-electron chi connectivity index (χ3n) is 19.1. The fraction of sp³-hybridized carbons (Fsp3) is 0.803. The van der Waals surface area contributed by atoms with E-state index < -0.39 is 125 Å². The molecule has 7 rings (SSSR count). The molecule has 516 valence electrons. The van der Waals surface area contributed by atoms with Gasteiger partial charge in [0.1, 0.15) is 29.0 Å². The average Bonchev–Trinajstić information content (AvgIpc) is 1.76. The highest BCUT2D eigenvalue weighted by molar-refractivity contribution is 6.34. The molecule has 25 heteroatoms. The SMILES string of the molecule is CC[C@H]1OC(=O)[C@H](C)[C@@H](OC2C[C@@](C)(OC)[C@@H](OC(=O)CCOCCOCCNc3cc4c(=O)c(C(=O)O)cn(C5CC5)c4cc3Cl)[C@H](C)O2)[C@H](C)[C@@H](OC2O[C@H](C)C[C@H](N(C)C)[C@H]2O)[C@](C)(O)C[C@@H](C)/C(=N\OC2(OC(C)C)CCCCC2)[C@H](C)[C@@H](O)[C@]1(C)O. The lowest BCUT2D eigenvalue weighted by Crippen LogP contribution is -2.61. The summed E-state index contributed by atoms with van der Waals surface area (Å²) in [6.45, 7) is 21.9. The van der Waals surface area contributed by atoms with Gasteiger partial charge in [0.25, 0.3) is 0 Å². The monoisotopic (exact) mass is 1310 g/mol. The Morgan fingerprint density at radius 3 is 2.19 bits per heavy atom. The molecule has 91 heavy (non-hydrogen) atoms. The minimum absolute atomic E-state index is 0.0120. The molecule has 2 saturated carbocycles. The van der Waals surface area contributed by atoms with Crippen molar-refractivity contribution in [3.63, 3.8) is 0 Å². The van der Waals surface area contributed by atoms with Crippen LogP contribution in [0, 0.1) is 23.7 Å². The number of hydrogen-bond acceptors (Lipinski definition) is 22. The summed E-state index contributed by atoms with van der Waals surface area (Å²) in [7, 11) is 5.20. The van der Waals surface area contributed by atoms with Crippen molar-refractivity contribution in [3.05, 3.63) is 39.1 Å². The molecule has 5 aliphatic rings. The van der Waals surface area contributed by atoms with E-state index >= 15 is 0 Å². The van der Waals surface area contributed by atoms with E-state index in [4.69, 9.17) is 69.0 Å². The number of oxime groups is 1. The maximum atomic E-state index is 14.9. The van der Waals surface area contributed by atoms with Crippen LogP contribution >= 0.6 is 11.6 Å². The van der Waals surface area contributed by atoms with Gasteiger partial charge in [0.2, 0.25) is 11.2 Å². The van der Waals surface area contributed by atoms with E-state index in [1.807, 2.05) is 51.3 Å². The smallest absolute Gasteiger partial charge is 0.341 e. The summed E-state index contributed by atoms with van der Waals surface area (Å²) in [5.74, 6) is -7.40. The Labute approximate surface area is 541 Å². The van der Waals surface area contributed by atoms with Gasteiger partial charge in [0, 0.05) is 74.3 Å². The first-order chi connectivity index (χ1) is 42.8. The van der Waals surface area contributed by atoms with Crippen LogP contribution in [0.2, 0.25) is 5.02 Å². The molecule has 24 nitrogen and oxygen atoms in total. The largest absolute Gasteiger partial charge is 0.477 e. The number of aromatic nitrogens is 1. The number of ether oxygens (including phenoxy) is 10. The second-order valence-corrected chi connectivity index (χ2v) is 27.8. The van der Waals surface area contributed by atoms with Crippen molar-refractivity contribution in [1.29, 1.82) is 0 Å². The molecule has 2 aliphatic carbocycles. The van der Waals surface area contributed by atoms with Crippen LogP contribution in [0.1, 0.15) is 177 Å². The van der Waals surface area contributed by atoms with E-state index in [9.17, 15) is 44.7 Å². The molecule has 2 aromatic rings. The quantitative estimate of drug-likeness (QED) is 0.0253. The van der Waals surface area contributed by atoms with Crippen molar-refractivity contribution < 1.29 is 92.1 Å². The van der Waals surface area contributed by atoms with Crippen LogP contribution in [0.4, 0.5) is 5.69 Å². The van der Waals surface area contributed by atoms with Gasteiger partial charge in [-0.3, -0.25) is 14.4 Å². The minimum Gasteiger partial charge on any atom is -0.477 e. The van der Waals surface area contributed by atoms with Crippen LogP contribution < -0.4 is 10.7 Å². The lowest BCUT2D eigenvalue weighted by atomic mass is 9.73. The van der Waals surface area contributed by atoms with Crippen LogP contribution in [0.3, 0.4) is 0 Å². The van der Waals surface area contributed by atoms with E-state index in [2.05, 4.69) is 5.32 Å². The third kappa shape index (κ3) is 18.1. The zero-order chi connectivity index (χ0) is 67.1. The molecule has 4 heterocycles. The number of halogens is 1. The molecule has 18 atom stereocenters. The Hall–Kier alpha value is -4.12. The predicted molar refractivity (Wildman–Crippen MR) is 339 cm³/mol. The van der Waals surface area contributed by atoms with Crippen LogP contribution in [-0.2, 0) is 61.8 Å². The minimum atomic E-state index is -2.04. The van der Waals surface area contributed by atoms with Crippen molar-refractivity contribution in [3.8, 4) is 0 Å². The number of anilines is 1. The number of hydrogen-bond donors (Lipinski definition) is 6. The number of aliphatic hydroxyl groups is 4. The van der Waals surface area contributed by atoms with Gasteiger partial charge in [-0.25, -0.2) is 4.79 Å². The number of carboxylic acids is 1. The first-order valence-electron chi connectivity index (χ1n) is 32.8. The highest BCUT2D eigenvalue weighted by Gasteiger charge is 2.55. The first kappa shape index (κ1) is 74.3. The Morgan fingerprint density at radius 2 is 1.57 bits per heavy atom. The first-order valence-corrected chi connectivity index (χ1v) is 33.1. The number of carbonyl (C=O) groups is 3. The van der Waals surface area contributed by atoms with Gasteiger partial charge in [-0.05, 0) is 127 Å². The van der Waals surface area contributed by atoms with E-state index in [-0.39, 0.29) is 87.4 Å². The fourth-order valence-electron chi connectivity index (χ4n) is 13.9. The van der Waals surface area contributed by atoms with Gasteiger partial charge in [-0.2, -0.15) is 0 Å². The number of cyclic esters (lactones) is 1. The van der Waals surface area contributed by atoms with Crippen LogP contribution in [0.5, 0.6) is 0 Å². The Balaban J connectivity index is 1.05. The summed E-state index contributed by atoms with van der Waals surface area (Å²) in [5, 5.41) is 68.3. The number of carbonyl (C=O) groups excluding carboxylic acids is 2. The summed E-state index contributed by atoms with van der Waals surface area (Å²) in [6, 6.07) is 2.98. The Morgan fingerprint density at radius 1 is 0.901 bits per heavy atom. The number of nitrogens with zero attached hydrogens (tertiary/aromatic N) is 3. The van der Waals surface area contributed by atoms with Gasteiger partial charge in [-0.1, -0.05) is 50.9 Å². The molecule has 0 bridgehead atoms. The topological polar surface area (TPSA) is 304 Å². The second-order valence-electron chi connectivity index (χ2n) is 27.3. The molecule has 3 aliphatic heterocycles.